The molecule has 8 heteroatoms. The van der Waals surface area contributed by atoms with Gasteiger partial charge in [0.1, 0.15) is 11.4 Å². The summed E-state index contributed by atoms with van der Waals surface area (Å²) in [5.74, 6) is 1.25. The lowest BCUT2D eigenvalue weighted by Crippen LogP contribution is -2.75. The maximum absolute atomic E-state index is 13.0. The van der Waals surface area contributed by atoms with Gasteiger partial charge in [-0.25, -0.2) is 4.79 Å². The van der Waals surface area contributed by atoms with Crippen molar-refractivity contribution in [1.29, 1.82) is 0 Å². The summed E-state index contributed by atoms with van der Waals surface area (Å²) in [5.41, 5.74) is 0.299. The van der Waals surface area contributed by atoms with Crippen molar-refractivity contribution >= 4 is 23.4 Å². The maximum atomic E-state index is 13.0. The summed E-state index contributed by atoms with van der Waals surface area (Å²) in [6, 6.07) is 3.52. The number of amides is 1. The molecular formula is C28H38N2O6. The average molecular weight is 499 g/mol. The molecule has 8 nitrogen and oxygen atoms in total. The molecule has 1 heterocycles. The van der Waals surface area contributed by atoms with Crippen LogP contribution in [0.5, 0.6) is 11.5 Å². The van der Waals surface area contributed by atoms with Gasteiger partial charge in [0.25, 0.3) is 0 Å². The molecule has 1 N–H and O–H groups in total. The fourth-order valence-corrected chi connectivity index (χ4v) is 5.77. The van der Waals surface area contributed by atoms with Gasteiger partial charge in [0.2, 0.25) is 0 Å². The van der Waals surface area contributed by atoms with Crippen LogP contribution < -0.4 is 9.47 Å². The number of benzene rings is 1. The second-order valence-corrected chi connectivity index (χ2v) is 10.4. The molecule has 4 aliphatic rings. The second-order valence-electron chi connectivity index (χ2n) is 10.4. The van der Waals surface area contributed by atoms with E-state index in [1.54, 1.807) is 13.1 Å². The summed E-state index contributed by atoms with van der Waals surface area (Å²) in [6.07, 6.45) is 2.98. The van der Waals surface area contributed by atoms with Gasteiger partial charge in [0.15, 0.2) is 23.4 Å². The minimum Gasteiger partial charge on any atom is -0.477 e. The van der Waals surface area contributed by atoms with E-state index in [0.717, 1.165) is 23.4 Å². The van der Waals surface area contributed by atoms with Crippen molar-refractivity contribution in [3.05, 3.63) is 23.3 Å². The zero-order valence-corrected chi connectivity index (χ0v) is 22.1. The molecule has 1 aliphatic heterocycles. The third kappa shape index (κ3) is 4.23. The Kier molecular flexibility index (Phi) is 7.28. The van der Waals surface area contributed by atoms with Gasteiger partial charge in [-0.2, -0.15) is 0 Å². The van der Waals surface area contributed by atoms with Crippen molar-refractivity contribution < 1.29 is 29.0 Å². The van der Waals surface area contributed by atoms with Gasteiger partial charge in [-0.1, -0.05) is 19.9 Å². The molecule has 3 fully saturated rings. The molecule has 3 aliphatic carbocycles. The molecule has 1 amide bonds. The predicted octanol–water partition coefficient (Wildman–Crippen LogP) is 4.17. The average Bonchev–Trinajstić information content (AvgIpc) is 3.60. The highest BCUT2D eigenvalue weighted by Crippen LogP contribution is 2.65. The Hall–Kier alpha value is -2.74. The zero-order chi connectivity index (χ0) is 26.3. The van der Waals surface area contributed by atoms with E-state index < -0.39 is 23.2 Å². The number of aryl methyl sites for hydroxylation is 1. The first-order valence-electron chi connectivity index (χ1n) is 13.2. The van der Waals surface area contributed by atoms with E-state index in [4.69, 9.17) is 14.5 Å². The van der Waals surface area contributed by atoms with Crippen molar-refractivity contribution in [1.82, 2.24) is 4.90 Å². The summed E-state index contributed by atoms with van der Waals surface area (Å²) in [5, 5.41) is 11.9. The van der Waals surface area contributed by atoms with Crippen LogP contribution in [0, 0.1) is 12.8 Å². The number of nitrogens with zero attached hydrogens (tertiary/aromatic N) is 2. The van der Waals surface area contributed by atoms with E-state index in [-0.39, 0.29) is 23.7 Å². The van der Waals surface area contributed by atoms with Gasteiger partial charge in [0, 0.05) is 50.7 Å². The van der Waals surface area contributed by atoms with Gasteiger partial charge >= 0.3 is 6.09 Å². The number of Topliss-reactive ketones (excluding diaryl/α,β-unsaturated/α-hetero) is 2. The quantitative estimate of drug-likeness (QED) is 0.605. The molecule has 3 saturated carbocycles. The molecule has 196 valence electrons. The highest BCUT2D eigenvalue weighted by Gasteiger charge is 2.75. The van der Waals surface area contributed by atoms with E-state index in [1.807, 2.05) is 26.8 Å². The molecule has 0 saturated heterocycles. The molecule has 0 radical (unpaired) electrons. The Morgan fingerprint density at radius 1 is 1.28 bits per heavy atom. The van der Waals surface area contributed by atoms with Crippen molar-refractivity contribution in [2.75, 3.05) is 20.1 Å². The number of hydrogen-bond donors (Lipinski definition) is 1. The van der Waals surface area contributed by atoms with E-state index in [2.05, 4.69) is 0 Å². The Morgan fingerprint density at radius 3 is 2.67 bits per heavy atom. The summed E-state index contributed by atoms with van der Waals surface area (Å²) in [4.78, 5) is 43.0. The van der Waals surface area contributed by atoms with Gasteiger partial charge < -0.3 is 24.3 Å². The Bertz CT molecular complexity index is 1090. The van der Waals surface area contributed by atoms with Gasteiger partial charge in [0.05, 0.1) is 5.41 Å². The highest BCUT2D eigenvalue weighted by atomic mass is 16.6. The molecule has 1 aromatic rings. The first-order valence-corrected chi connectivity index (χ1v) is 13.2. The standard InChI is InChI=1S/C26H32N2O6.C2H6/c1-15-6-9-19(33-24(31)28(3)12-4-5-16(2)29)22-21(15)25-13-20(27-14-17-7-8-17)26(25,32)11-10-18(30)23(25)34-22;1-2/h6,9,17,23,32H,4-5,7-8,10-14H2,1-3H3;1-2H3/t23-,25?,26?;/m0./s1. The van der Waals surface area contributed by atoms with Gasteiger partial charge in [-0.3, -0.25) is 9.79 Å². The summed E-state index contributed by atoms with van der Waals surface area (Å²) >= 11 is 0. The van der Waals surface area contributed by atoms with Crippen LogP contribution in [0.4, 0.5) is 4.79 Å². The molecule has 36 heavy (non-hydrogen) atoms. The normalized spacial score (nSPS) is 28.6. The topological polar surface area (TPSA) is 106 Å². The number of fused-ring (bicyclic) bond motifs is 1. The number of ketones is 2. The van der Waals surface area contributed by atoms with E-state index in [1.165, 1.54) is 24.7 Å². The number of hydrogen-bond acceptors (Lipinski definition) is 7. The Balaban J connectivity index is 0.00000148. The minimum absolute atomic E-state index is 0.0415. The SMILES string of the molecule is CC.CC(=O)CCCN(C)C(=O)Oc1ccc(C)c2c1O[C@H]1C(=O)CCC3(O)C(=NCC4CC4)CC213. The molecule has 0 aromatic heterocycles. The van der Waals surface area contributed by atoms with Crippen molar-refractivity contribution in [3.8, 4) is 11.5 Å². The molecule has 3 atom stereocenters. The van der Waals surface area contributed by atoms with Crippen molar-refractivity contribution in [3.63, 3.8) is 0 Å². The lowest BCUT2D eigenvalue weighted by Gasteiger charge is -2.59. The highest BCUT2D eigenvalue weighted by molar-refractivity contribution is 6.08. The molecule has 0 bridgehead atoms. The van der Waals surface area contributed by atoms with Crippen LogP contribution in [-0.2, 0) is 15.0 Å². The fourth-order valence-electron chi connectivity index (χ4n) is 5.77. The molecule has 2 unspecified atom stereocenters. The number of rotatable bonds is 7. The maximum Gasteiger partial charge on any atom is 0.415 e. The third-order valence-corrected chi connectivity index (χ3v) is 7.92. The van der Waals surface area contributed by atoms with E-state index in [0.29, 0.717) is 43.9 Å². The minimum atomic E-state index is -1.22. The van der Waals surface area contributed by atoms with Crippen LogP contribution in [0.25, 0.3) is 0 Å². The van der Waals surface area contributed by atoms with Crippen LogP contribution in [0.1, 0.15) is 76.8 Å². The second kappa shape index (κ2) is 9.96. The third-order valence-electron chi connectivity index (χ3n) is 7.92. The fraction of sp³-hybridized carbons (Fsp3) is 0.643. The summed E-state index contributed by atoms with van der Waals surface area (Å²) in [6.45, 7) is 8.57. The molecule has 1 spiro atoms. The molecular weight excluding hydrogens is 460 g/mol. The lowest BCUT2D eigenvalue weighted by atomic mass is 9.45. The van der Waals surface area contributed by atoms with E-state index >= 15 is 0 Å². The first-order chi connectivity index (χ1) is 17.2. The number of aliphatic hydroxyl groups is 1. The largest absolute Gasteiger partial charge is 0.477 e. The monoisotopic (exact) mass is 498 g/mol. The molecule has 1 aromatic carbocycles. The number of carbonyl (C=O) groups excluding carboxylic acids is 3. The Morgan fingerprint density at radius 2 is 2.00 bits per heavy atom. The van der Waals surface area contributed by atoms with Crippen LogP contribution in [-0.4, -0.2) is 65.2 Å². The predicted molar refractivity (Wildman–Crippen MR) is 136 cm³/mol. The Labute approximate surface area is 213 Å². The lowest BCUT2D eigenvalue weighted by molar-refractivity contribution is -0.145. The van der Waals surface area contributed by atoms with Gasteiger partial charge in [-0.05, 0) is 57.1 Å². The number of carbonyl (C=O) groups is 3. The smallest absolute Gasteiger partial charge is 0.415 e. The number of aliphatic imine (C=N–C) groups is 1. The van der Waals surface area contributed by atoms with Crippen LogP contribution in [0.3, 0.4) is 0 Å². The van der Waals surface area contributed by atoms with E-state index in [9.17, 15) is 19.5 Å². The molecule has 5 rings (SSSR count). The zero-order valence-electron chi connectivity index (χ0n) is 22.1. The summed E-state index contributed by atoms with van der Waals surface area (Å²) in [7, 11) is 1.62. The van der Waals surface area contributed by atoms with Crippen LogP contribution >= 0.6 is 0 Å². The van der Waals surface area contributed by atoms with Crippen LogP contribution in [0.2, 0.25) is 0 Å². The van der Waals surface area contributed by atoms with Crippen molar-refractivity contribution in [2.24, 2.45) is 10.9 Å². The first kappa shape index (κ1) is 26.3. The summed E-state index contributed by atoms with van der Waals surface area (Å²) < 4.78 is 11.9. The van der Waals surface area contributed by atoms with Crippen molar-refractivity contribution in [2.45, 2.75) is 89.8 Å². The van der Waals surface area contributed by atoms with Gasteiger partial charge in [-0.15, -0.1) is 0 Å². The van der Waals surface area contributed by atoms with Crippen LogP contribution in [0.15, 0.2) is 17.1 Å². The number of ether oxygens (including phenoxy) is 2.